The lowest BCUT2D eigenvalue weighted by molar-refractivity contribution is -0.149. The summed E-state index contributed by atoms with van der Waals surface area (Å²) in [6.07, 6.45) is 0.817. The highest BCUT2D eigenvalue weighted by Crippen LogP contribution is 2.24. The van der Waals surface area contributed by atoms with Crippen molar-refractivity contribution in [1.82, 2.24) is 0 Å². The molecule has 1 aliphatic heterocycles. The molecule has 74 valence electrons. The van der Waals surface area contributed by atoms with Gasteiger partial charge in [0.1, 0.15) is 12.0 Å². The van der Waals surface area contributed by atoms with Crippen molar-refractivity contribution < 1.29 is 14.3 Å². The standard InChI is InChI=1S/C11H12O3/c1-11(7-13-8-11)14-10-4-2-9(6-12)3-5-10/h2-6H,7-8H2,1H3. The molecule has 2 rings (SSSR count). The minimum Gasteiger partial charge on any atom is -0.483 e. The Morgan fingerprint density at radius 3 is 2.43 bits per heavy atom. The largest absolute Gasteiger partial charge is 0.483 e. The molecule has 0 aliphatic carbocycles. The van der Waals surface area contributed by atoms with Crippen molar-refractivity contribution in [2.24, 2.45) is 0 Å². The molecule has 0 radical (unpaired) electrons. The van der Waals surface area contributed by atoms with Gasteiger partial charge in [-0.3, -0.25) is 4.79 Å². The molecule has 0 spiro atoms. The van der Waals surface area contributed by atoms with Gasteiger partial charge in [0.2, 0.25) is 0 Å². The Hall–Kier alpha value is -1.35. The van der Waals surface area contributed by atoms with Crippen molar-refractivity contribution in [2.75, 3.05) is 13.2 Å². The first-order valence-electron chi connectivity index (χ1n) is 4.54. The van der Waals surface area contributed by atoms with E-state index in [9.17, 15) is 4.79 Å². The summed E-state index contributed by atoms with van der Waals surface area (Å²) in [5, 5.41) is 0. The first-order valence-corrected chi connectivity index (χ1v) is 4.54. The first-order chi connectivity index (χ1) is 6.72. The van der Waals surface area contributed by atoms with E-state index in [0.717, 1.165) is 12.0 Å². The van der Waals surface area contributed by atoms with Crippen LogP contribution in [0.25, 0.3) is 0 Å². The molecule has 0 atom stereocenters. The summed E-state index contributed by atoms with van der Waals surface area (Å²) in [6.45, 7) is 3.26. The lowest BCUT2D eigenvalue weighted by Gasteiger charge is -2.38. The topological polar surface area (TPSA) is 35.5 Å². The average Bonchev–Trinajstić information content (AvgIpc) is 2.17. The fraction of sp³-hybridized carbons (Fsp3) is 0.364. The minimum absolute atomic E-state index is 0.192. The van der Waals surface area contributed by atoms with E-state index in [-0.39, 0.29) is 5.60 Å². The van der Waals surface area contributed by atoms with Gasteiger partial charge < -0.3 is 9.47 Å². The molecule has 1 heterocycles. The Morgan fingerprint density at radius 2 is 2.00 bits per heavy atom. The van der Waals surface area contributed by atoms with Gasteiger partial charge in [0.15, 0.2) is 5.60 Å². The second kappa shape index (κ2) is 3.42. The third kappa shape index (κ3) is 1.77. The highest BCUT2D eigenvalue weighted by atomic mass is 16.6. The van der Waals surface area contributed by atoms with Crippen LogP contribution in [0.3, 0.4) is 0 Å². The number of aldehydes is 1. The Kier molecular flexibility index (Phi) is 2.25. The van der Waals surface area contributed by atoms with E-state index in [2.05, 4.69) is 0 Å². The quantitative estimate of drug-likeness (QED) is 0.683. The molecule has 0 unspecified atom stereocenters. The van der Waals surface area contributed by atoms with Crippen molar-refractivity contribution in [2.45, 2.75) is 12.5 Å². The number of rotatable bonds is 3. The zero-order chi connectivity index (χ0) is 10.0. The van der Waals surface area contributed by atoms with Gasteiger partial charge in [0.25, 0.3) is 0 Å². The van der Waals surface area contributed by atoms with Crippen LogP contribution in [-0.4, -0.2) is 25.1 Å². The van der Waals surface area contributed by atoms with Crippen LogP contribution in [0.15, 0.2) is 24.3 Å². The van der Waals surface area contributed by atoms with E-state index in [1.807, 2.05) is 6.92 Å². The van der Waals surface area contributed by atoms with E-state index >= 15 is 0 Å². The summed E-state index contributed by atoms with van der Waals surface area (Å²) in [4.78, 5) is 10.4. The molecule has 3 nitrogen and oxygen atoms in total. The highest BCUT2D eigenvalue weighted by Gasteiger charge is 2.35. The molecule has 1 aromatic rings. The molecule has 3 heteroatoms. The van der Waals surface area contributed by atoms with Gasteiger partial charge in [0, 0.05) is 5.56 Å². The van der Waals surface area contributed by atoms with E-state index in [1.165, 1.54) is 0 Å². The number of hydrogen-bond donors (Lipinski definition) is 0. The molecule has 0 saturated carbocycles. The second-order valence-corrected chi connectivity index (χ2v) is 3.73. The lowest BCUT2D eigenvalue weighted by Crippen LogP contribution is -2.51. The zero-order valence-corrected chi connectivity index (χ0v) is 8.03. The molecular formula is C11H12O3. The Bertz CT molecular complexity index is 325. The van der Waals surface area contributed by atoms with Gasteiger partial charge in [0.05, 0.1) is 13.2 Å². The van der Waals surface area contributed by atoms with Crippen LogP contribution in [0, 0.1) is 0 Å². The van der Waals surface area contributed by atoms with E-state index in [0.29, 0.717) is 18.8 Å². The fourth-order valence-electron chi connectivity index (χ4n) is 1.35. The fourth-order valence-corrected chi connectivity index (χ4v) is 1.35. The number of carbonyl (C=O) groups excluding carboxylic acids is 1. The molecule has 0 aromatic heterocycles. The maximum Gasteiger partial charge on any atom is 0.152 e. The van der Waals surface area contributed by atoms with Crippen LogP contribution >= 0.6 is 0 Å². The molecule has 1 aromatic carbocycles. The number of hydrogen-bond acceptors (Lipinski definition) is 3. The van der Waals surface area contributed by atoms with E-state index in [1.54, 1.807) is 24.3 Å². The van der Waals surface area contributed by atoms with Crippen LogP contribution < -0.4 is 4.74 Å². The van der Waals surface area contributed by atoms with Crippen molar-refractivity contribution in [3.05, 3.63) is 29.8 Å². The maximum atomic E-state index is 10.4. The van der Waals surface area contributed by atoms with Crippen molar-refractivity contribution in [1.29, 1.82) is 0 Å². The van der Waals surface area contributed by atoms with Crippen LogP contribution in [0.1, 0.15) is 17.3 Å². The molecule has 1 fully saturated rings. The third-order valence-corrected chi connectivity index (χ3v) is 2.20. The van der Waals surface area contributed by atoms with Gasteiger partial charge in [-0.05, 0) is 31.2 Å². The Balaban J connectivity index is 2.06. The van der Waals surface area contributed by atoms with E-state index < -0.39 is 0 Å². The number of benzene rings is 1. The smallest absolute Gasteiger partial charge is 0.152 e. The van der Waals surface area contributed by atoms with Crippen LogP contribution in [0.2, 0.25) is 0 Å². The van der Waals surface area contributed by atoms with Crippen LogP contribution in [0.5, 0.6) is 5.75 Å². The maximum absolute atomic E-state index is 10.4. The molecule has 14 heavy (non-hydrogen) atoms. The van der Waals surface area contributed by atoms with Crippen LogP contribution in [0.4, 0.5) is 0 Å². The summed E-state index contributed by atoms with van der Waals surface area (Å²) in [6, 6.07) is 7.08. The summed E-state index contributed by atoms with van der Waals surface area (Å²) >= 11 is 0. The van der Waals surface area contributed by atoms with Crippen molar-refractivity contribution in [3.63, 3.8) is 0 Å². The normalized spacial score (nSPS) is 18.4. The summed E-state index contributed by atoms with van der Waals surface area (Å²) in [5.41, 5.74) is 0.468. The zero-order valence-electron chi connectivity index (χ0n) is 8.03. The van der Waals surface area contributed by atoms with Crippen LogP contribution in [-0.2, 0) is 4.74 Å². The SMILES string of the molecule is CC1(Oc2ccc(C=O)cc2)COC1. The summed E-state index contributed by atoms with van der Waals surface area (Å²) < 4.78 is 10.8. The predicted octanol–water partition coefficient (Wildman–Crippen LogP) is 1.67. The van der Waals surface area contributed by atoms with Gasteiger partial charge >= 0.3 is 0 Å². The van der Waals surface area contributed by atoms with Gasteiger partial charge in [-0.25, -0.2) is 0 Å². The second-order valence-electron chi connectivity index (χ2n) is 3.73. The predicted molar refractivity (Wildman–Crippen MR) is 51.7 cm³/mol. The minimum atomic E-state index is -0.192. The van der Waals surface area contributed by atoms with Gasteiger partial charge in [-0.15, -0.1) is 0 Å². The van der Waals surface area contributed by atoms with Crippen molar-refractivity contribution in [3.8, 4) is 5.75 Å². The monoisotopic (exact) mass is 192 g/mol. The molecule has 0 amide bonds. The average molecular weight is 192 g/mol. The van der Waals surface area contributed by atoms with Gasteiger partial charge in [-0.2, -0.15) is 0 Å². The Labute approximate surface area is 82.6 Å². The van der Waals surface area contributed by atoms with Crippen molar-refractivity contribution >= 4 is 6.29 Å². The first kappa shape index (κ1) is 9.21. The highest BCUT2D eigenvalue weighted by molar-refractivity contribution is 5.74. The molecule has 1 aliphatic rings. The molecule has 0 bridgehead atoms. The lowest BCUT2D eigenvalue weighted by atomic mass is 10.1. The van der Waals surface area contributed by atoms with E-state index in [4.69, 9.17) is 9.47 Å². The third-order valence-electron chi connectivity index (χ3n) is 2.20. The summed E-state index contributed by atoms with van der Waals surface area (Å²) in [7, 11) is 0. The molecule has 1 saturated heterocycles. The molecular weight excluding hydrogens is 180 g/mol. The Morgan fingerprint density at radius 1 is 1.36 bits per heavy atom. The summed E-state index contributed by atoms with van der Waals surface area (Å²) in [5.74, 6) is 0.779. The number of ether oxygens (including phenoxy) is 2. The molecule has 0 N–H and O–H groups in total. The number of carbonyl (C=O) groups is 1. The van der Waals surface area contributed by atoms with Gasteiger partial charge in [-0.1, -0.05) is 0 Å².